The first-order valence-electron chi connectivity index (χ1n) is 9.59. The number of hydrogen-bond acceptors (Lipinski definition) is 4. The molecule has 29 heavy (non-hydrogen) atoms. The van der Waals surface area contributed by atoms with E-state index in [1.54, 1.807) is 0 Å². The van der Waals surface area contributed by atoms with Crippen molar-refractivity contribution in [3.8, 4) is 0 Å². The fraction of sp³-hybridized carbons (Fsp3) is 0.476. The number of benzene rings is 1. The normalized spacial score (nSPS) is 15.2. The Balaban J connectivity index is 0.00000210. The Hall–Kier alpha value is -1.34. The topological polar surface area (TPSA) is 62.3 Å². The van der Waals surface area contributed by atoms with Crippen molar-refractivity contribution in [2.45, 2.75) is 32.6 Å². The van der Waals surface area contributed by atoms with E-state index >= 15 is 0 Å². The Bertz CT molecular complexity index is 852. The minimum absolute atomic E-state index is 0. The first kappa shape index (κ1) is 25.7. The number of hydrogen-bond donors (Lipinski definition) is 1. The predicted molar refractivity (Wildman–Crippen MR) is 125 cm³/mol. The standard InChI is InChI=1S/C21H29N3O2S.2ClH/c1-17-4-3-5-20(22-17)12-15-24-13-10-19(11-14-24)16-18-6-8-21(9-7-18)23-27(2,25)26;;/h3-9,19,23H,10-16H2,1-2H3;2*1H. The van der Waals surface area contributed by atoms with Crippen molar-refractivity contribution >= 4 is 40.5 Å². The Morgan fingerprint density at radius 3 is 2.31 bits per heavy atom. The van der Waals surface area contributed by atoms with Gasteiger partial charge in [0.05, 0.1) is 6.26 Å². The Labute approximate surface area is 187 Å². The highest BCUT2D eigenvalue weighted by Crippen LogP contribution is 2.23. The lowest BCUT2D eigenvalue weighted by molar-refractivity contribution is 0.185. The minimum atomic E-state index is -3.21. The van der Waals surface area contributed by atoms with Crippen LogP contribution in [-0.4, -0.2) is 44.2 Å². The van der Waals surface area contributed by atoms with E-state index in [-0.39, 0.29) is 24.8 Å². The molecule has 1 aliphatic rings. The van der Waals surface area contributed by atoms with E-state index < -0.39 is 10.0 Å². The molecule has 0 amide bonds. The highest BCUT2D eigenvalue weighted by atomic mass is 35.5. The number of aryl methyl sites for hydroxylation is 1. The average molecular weight is 460 g/mol. The first-order chi connectivity index (χ1) is 12.9. The molecule has 3 rings (SSSR count). The Morgan fingerprint density at radius 2 is 1.72 bits per heavy atom. The second-order valence-electron chi connectivity index (χ2n) is 7.58. The van der Waals surface area contributed by atoms with Crippen LogP contribution in [0.15, 0.2) is 42.5 Å². The van der Waals surface area contributed by atoms with Crippen molar-refractivity contribution in [3.63, 3.8) is 0 Å². The summed E-state index contributed by atoms with van der Waals surface area (Å²) >= 11 is 0. The second-order valence-corrected chi connectivity index (χ2v) is 9.33. The molecule has 1 saturated heterocycles. The molecule has 0 bridgehead atoms. The van der Waals surface area contributed by atoms with Crippen LogP contribution in [0.4, 0.5) is 5.69 Å². The quantitative estimate of drug-likeness (QED) is 0.676. The largest absolute Gasteiger partial charge is 0.303 e. The molecule has 162 valence electrons. The molecule has 0 saturated carbocycles. The van der Waals surface area contributed by atoms with Crippen LogP contribution in [0.25, 0.3) is 0 Å². The van der Waals surface area contributed by atoms with Crippen LogP contribution in [0, 0.1) is 12.8 Å². The summed E-state index contributed by atoms with van der Waals surface area (Å²) in [6.45, 7) is 5.40. The number of likely N-dealkylation sites (tertiary alicyclic amines) is 1. The van der Waals surface area contributed by atoms with Crippen molar-refractivity contribution in [2.75, 3.05) is 30.6 Å². The van der Waals surface area contributed by atoms with Gasteiger partial charge in [0, 0.05) is 30.0 Å². The lowest BCUT2D eigenvalue weighted by Crippen LogP contribution is -2.35. The molecule has 1 aromatic heterocycles. The molecule has 0 spiro atoms. The summed E-state index contributed by atoms with van der Waals surface area (Å²) in [6, 6.07) is 14.0. The first-order valence-corrected chi connectivity index (χ1v) is 11.5. The van der Waals surface area contributed by atoms with Gasteiger partial charge in [0.25, 0.3) is 0 Å². The van der Waals surface area contributed by atoms with E-state index in [0.29, 0.717) is 11.6 Å². The van der Waals surface area contributed by atoms with Crippen LogP contribution in [0.3, 0.4) is 0 Å². The summed E-state index contributed by atoms with van der Waals surface area (Å²) in [5.74, 6) is 0.701. The number of halogens is 2. The molecule has 0 unspecified atom stereocenters. The summed E-state index contributed by atoms with van der Waals surface area (Å²) in [4.78, 5) is 7.13. The number of nitrogens with zero attached hydrogens (tertiary/aromatic N) is 2. The second kappa shape index (κ2) is 11.7. The van der Waals surface area contributed by atoms with Gasteiger partial charge in [-0.05, 0) is 75.0 Å². The summed E-state index contributed by atoms with van der Waals surface area (Å²) in [5.41, 5.74) is 4.17. The van der Waals surface area contributed by atoms with Gasteiger partial charge in [-0.2, -0.15) is 0 Å². The Morgan fingerprint density at radius 1 is 1.07 bits per heavy atom. The zero-order valence-electron chi connectivity index (χ0n) is 17.0. The van der Waals surface area contributed by atoms with Crippen molar-refractivity contribution < 1.29 is 8.42 Å². The minimum Gasteiger partial charge on any atom is -0.303 e. The molecular weight excluding hydrogens is 429 g/mol. The molecule has 0 aliphatic carbocycles. The van der Waals surface area contributed by atoms with Crippen LogP contribution in [0.1, 0.15) is 29.8 Å². The summed E-state index contributed by atoms with van der Waals surface area (Å²) < 4.78 is 25.1. The highest BCUT2D eigenvalue weighted by Gasteiger charge is 2.19. The zero-order valence-corrected chi connectivity index (χ0v) is 19.5. The van der Waals surface area contributed by atoms with Crippen LogP contribution in [-0.2, 0) is 22.9 Å². The maximum absolute atomic E-state index is 11.3. The van der Waals surface area contributed by atoms with Gasteiger partial charge in [0.15, 0.2) is 0 Å². The van der Waals surface area contributed by atoms with Crippen LogP contribution < -0.4 is 4.72 Å². The molecular formula is C21H31Cl2N3O2S. The summed E-state index contributed by atoms with van der Waals surface area (Å²) in [5, 5.41) is 0. The fourth-order valence-electron chi connectivity index (χ4n) is 3.68. The van der Waals surface area contributed by atoms with Crippen molar-refractivity contribution in [2.24, 2.45) is 5.92 Å². The third kappa shape index (κ3) is 8.91. The molecule has 1 aromatic carbocycles. The third-order valence-electron chi connectivity index (χ3n) is 5.12. The van der Waals surface area contributed by atoms with Gasteiger partial charge in [-0.25, -0.2) is 8.42 Å². The lowest BCUT2D eigenvalue weighted by Gasteiger charge is -2.32. The van der Waals surface area contributed by atoms with E-state index in [1.807, 2.05) is 37.3 Å². The molecule has 0 atom stereocenters. The zero-order chi connectivity index (χ0) is 19.3. The van der Waals surface area contributed by atoms with Gasteiger partial charge < -0.3 is 4.90 Å². The molecule has 5 nitrogen and oxygen atoms in total. The van der Waals surface area contributed by atoms with Gasteiger partial charge in [-0.3, -0.25) is 9.71 Å². The van der Waals surface area contributed by atoms with E-state index in [9.17, 15) is 8.42 Å². The fourth-order valence-corrected chi connectivity index (χ4v) is 4.25. The van der Waals surface area contributed by atoms with Gasteiger partial charge in [0.2, 0.25) is 10.0 Å². The molecule has 1 aliphatic heterocycles. The molecule has 1 fully saturated rings. The van der Waals surface area contributed by atoms with Crippen molar-refractivity contribution in [1.82, 2.24) is 9.88 Å². The van der Waals surface area contributed by atoms with Gasteiger partial charge >= 0.3 is 0 Å². The van der Waals surface area contributed by atoms with Crippen LogP contribution >= 0.6 is 24.8 Å². The van der Waals surface area contributed by atoms with Crippen LogP contribution in [0.2, 0.25) is 0 Å². The maximum atomic E-state index is 11.3. The molecule has 2 aromatic rings. The summed E-state index contributed by atoms with van der Waals surface area (Å²) in [6.07, 6.45) is 5.67. The number of anilines is 1. The van der Waals surface area contributed by atoms with E-state index in [4.69, 9.17) is 0 Å². The number of aromatic nitrogens is 1. The average Bonchev–Trinajstić information content (AvgIpc) is 2.62. The Kier molecular flexibility index (Phi) is 10.4. The number of sulfonamides is 1. The smallest absolute Gasteiger partial charge is 0.229 e. The van der Waals surface area contributed by atoms with E-state index in [1.165, 1.54) is 30.4 Å². The number of pyridine rings is 1. The summed E-state index contributed by atoms with van der Waals surface area (Å²) in [7, 11) is -3.21. The maximum Gasteiger partial charge on any atom is 0.229 e. The van der Waals surface area contributed by atoms with Crippen molar-refractivity contribution in [3.05, 3.63) is 59.4 Å². The number of piperidine rings is 1. The SMILES string of the molecule is Cc1cccc(CCN2CCC(Cc3ccc(NS(C)(=O)=O)cc3)CC2)n1.Cl.Cl. The predicted octanol–water partition coefficient (Wildman–Crippen LogP) is 4.10. The monoisotopic (exact) mass is 459 g/mol. The molecule has 8 heteroatoms. The van der Waals surface area contributed by atoms with E-state index in [0.717, 1.165) is 38.2 Å². The van der Waals surface area contributed by atoms with Crippen molar-refractivity contribution in [1.29, 1.82) is 0 Å². The van der Waals surface area contributed by atoms with Gasteiger partial charge in [0.1, 0.15) is 0 Å². The van der Waals surface area contributed by atoms with Crippen LogP contribution in [0.5, 0.6) is 0 Å². The lowest BCUT2D eigenvalue weighted by atomic mass is 9.90. The molecule has 1 N–H and O–H groups in total. The van der Waals surface area contributed by atoms with Gasteiger partial charge in [-0.15, -0.1) is 24.8 Å². The van der Waals surface area contributed by atoms with Gasteiger partial charge in [-0.1, -0.05) is 18.2 Å². The third-order valence-corrected chi connectivity index (χ3v) is 5.73. The van der Waals surface area contributed by atoms with E-state index in [2.05, 4.69) is 26.7 Å². The number of nitrogens with one attached hydrogen (secondary N) is 1. The number of rotatable bonds is 7. The molecule has 0 radical (unpaired) electrons. The molecule has 2 heterocycles. The highest BCUT2D eigenvalue weighted by molar-refractivity contribution is 7.92.